The summed E-state index contributed by atoms with van der Waals surface area (Å²) in [6, 6.07) is 17.5. The Bertz CT molecular complexity index is 2060. The van der Waals surface area contributed by atoms with Crippen molar-refractivity contribution >= 4 is 35.4 Å². The van der Waals surface area contributed by atoms with Gasteiger partial charge in [0.2, 0.25) is 5.88 Å². The zero-order valence-electron chi connectivity index (χ0n) is 33.0. The van der Waals surface area contributed by atoms with E-state index in [0.29, 0.717) is 78.4 Å². The standard InChI is InChI=1S/C42H50Cl2N6O6/c1-42(2,3)56-41(53)50-22-27(23-50)19-47(4)24-29-12-11-28(17-35(29)54-6)38-37(44)32(15-16-45-38)31-9-8-10-33(36(31)43)34-14-13-30(39(46-34)55-7)25-48(5)18-26-20-49(21-26)40(51)52/h8-17,26-27H,18-25H2,1-7H3,(H,51,52). The minimum Gasteiger partial charge on any atom is -0.496 e. The number of likely N-dealkylation sites (tertiary alicyclic amines) is 2. The van der Waals surface area contributed by atoms with Crippen molar-refractivity contribution in [3.63, 3.8) is 0 Å². The number of carbonyl (C=O) groups excluding carboxylic acids is 1. The number of carbonyl (C=O) groups is 2. The molecule has 0 spiro atoms. The first-order chi connectivity index (χ1) is 26.6. The number of benzene rings is 2. The van der Waals surface area contributed by atoms with Gasteiger partial charge in [0.15, 0.2) is 0 Å². The fraction of sp³-hybridized carbons (Fsp3) is 0.429. The largest absolute Gasteiger partial charge is 0.496 e. The van der Waals surface area contributed by atoms with Crippen LogP contribution < -0.4 is 9.47 Å². The number of hydrogen-bond donors (Lipinski definition) is 1. The summed E-state index contributed by atoms with van der Waals surface area (Å²) in [5.41, 5.74) is 5.71. The van der Waals surface area contributed by atoms with E-state index < -0.39 is 11.7 Å². The first-order valence-electron chi connectivity index (χ1n) is 18.6. The first kappa shape index (κ1) is 41.0. The normalized spacial score (nSPS) is 14.8. The molecule has 0 saturated carbocycles. The summed E-state index contributed by atoms with van der Waals surface area (Å²) in [5, 5.41) is 10.1. The molecule has 4 aromatic rings. The van der Waals surface area contributed by atoms with E-state index in [9.17, 15) is 9.59 Å². The molecule has 0 radical (unpaired) electrons. The summed E-state index contributed by atoms with van der Waals surface area (Å²) in [5.74, 6) is 1.90. The maximum absolute atomic E-state index is 12.4. The molecule has 4 heterocycles. The minimum atomic E-state index is -0.873. The molecular weight excluding hydrogens is 755 g/mol. The summed E-state index contributed by atoms with van der Waals surface area (Å²) in [6.07, 6.45) is 0.590. The van der Waals surface area contributed by atoms with Crippen LogP contribution in [-0.4, -0.2) is 120 Å². The third kappa shape index (κ3) is 9.49. The van der Waals surface area contributed by atoms with Crippen LogP contribution in [0.1, 0.15) is 31.9 Å². The molecule has 6 rings (SSSR count). The fourth-order valence-electron chi connectivity index (χ4n) is 7.32. The van der Waals surface area contributed by atoms with Gasteiger partial charge in [-0.2, -0.15) is 0 Å². The number of carboxylic acid groups (broad SMARTS) is 1. The maximum Gasteiger partial charge on any atom is 0.410 e. The molecule has 2 aliphatic heterocycles. The lowest BCUT2D eigenvalue weighted by Gasteiger charge is -2.41. The maximum atomic E-state index is 12.4. The quantitative estimate of drug-likeness (QED) is 0.142. The number of hydrogen-bond acceptors (Lipinski definition) is 9. The Morgan fingerprint density at radius 2 is 1.43 bits per heavy atom. The highest BCUT2D eigenvalue weighted by atomic mass is 35.5. The van der Waals surface area contributed by atoms with E-state index in [-0.39, 0.29) is 6.09 Å². The van der Waals surface area contributed by atoms with E-state index in [1.54, 1.807) is 25.3 Å². The Hall–Kier alpha value is -4.62. The average molecular weight is 806 g/mol. The number of rotatable bonds is 13. The van der Waals surface area contributed by atoms with Crippen molar-refractivity contribution in [3.05, 3.63) is 82.0 Å². The van der Waals surface area contributed by atoms with Gasteiger partial charge in [-0.05, 0) is 53.1 Å². The van der Waals surface area contributed by atoms with Gasteiger partial charge in [0.25, 0.3) is 0 Å². The lowest BCUT2D eigenvalue weighted by Crippen LogP contribution is -2.54. The van der Waals surface area contributed by atoms with E-state index in [1.165, 1.54) is 4.90 Å². The SMILES string of the molecule is COc1cc(-c2nccc(-c3cccc(-c4ccc(CN(C)CC5CN(C(=O)O)C5)c(OC)n4)c3Cl)c2Cl)ccc1CN(C)CC1CN(C(=O)OC(C)(C)C)C1. The highest BCUT2D eigenvalue weighted by Gasteiger charge is 2.34. The summed E-state index contributed by atoms with van der Waals surface area (Å²) in [4.78, 5) is 40.5. The van der Waals surface area contributed by atoms with Gasteiger partial charge in [-0.3, -0.25) is 4.98 Å². The molecule has 0 unspecified atom stereocenters. The monoisotopic (exact) mass is 804 g/mol. The molecule has 12 nitrogen and oxygen atoms in total. The molecule has 298 valence electrons. The third-order valence-corrected chi connectivity index (χ3v) is 10.8. The Kier molecular flexibility index (Phi) is 12.6. The van der Waals surface area contributed by atoms with Gasteiger partial charge < -0.3 is 38.9 Å². The summed E-state index contributed by atoms with van der Waals surface area (Å²) in [6.45, 7) is 10.9. The van der Waals surface area contributed by atoms with Gasteiger partial charge in [0.1, 0.15) is 11.4 Å². The van der Waals surface area contributed by atoms with E-state index in [1.807, 2.05) is 82.4 Å². The smallest absolute Gasteiger partial charge is 0.410 e. The molecule has 2 aromatic carbocycles. The molecule has 56 heavy (non-hydrogen) atoms. The van der Waals surface area contributed by atoms with E-state index in [2.05, 4.69) is 21.8 Å². The molecule has 2 amide bonds. The van der Waals surface area contributed by atoms with Crippen molar-refractivity contribution in [1.29, 1.82) is 0 Å². The zero-order valence-corrected chi connectivity index (χ0v) is 34.5. The van der Waals surface area contributed by atoms with Crippen molar-refractivity contribution in [2.75, 3.05) is 67.6 Å². The lowest BCUT2D eigenvalue weighted by molar-refractivity contribution is -0.00554. The molecule has 0 atom stereocenters. The summed E-state index contributed by atoms with van der Waals surface area (Å²) >= 11 is 14.3. The number of amides is 2. The van der Waals surface area contributed by atoms with Crippen LogP contribution in [0.25, 0.3) is 33.6 Å². The van der Waals surface area contributed by atoms with Crippen LogP contribution in [-0.2, 0) is 17.8 Å². The van der Waals surface area contributed by atoms with Gasteiger partial charge in [-0.15, -0.1) is 0 Å². The minimum absolute atomic E-state index is 0.262. The van der Waals surface area contributed by atoms with Gasteiger partial charge in [-0.25, -0.2) is 14.6 Å². The van der Waals surface area contributed by atoms with Crippen LogP contribution in [0.15, 0.2) is 60.8 Å². The van der Waals surface area contributed by atoms with Gasteiger partial charge >= 0.3 is 12.2 Å². The molecule has 14 heteroatoms. The zero-order chi connectivity index (χ0) is 40.3. The highest BCUT2D eigenvalue weighted by molar-refractivity contribution is 6.39. The third-order valence-electron chi connectivity index (χ3n) is 10.0. The fourth-order valence-corrected chi connectivity index (χ4v) is 7.97. The first-order valence-corrected chi connectivity index (χ1v) is 19.4. The summed E-state index contributed by atoms with van der Waals surface area (Å²) < 4.78 is 17.0. The van der Waals surface area contributed by atoms with Crippen LogP contribution >= 0.6 is 23.2 Å². The molecule has 2 aliphatic rings. The second kappa shape index (κ2) is 17.3. The second-order valence-electron chi connectivity index (χ2n) is 15.8. The lowest BCUT2D eigenvalue weighted by atomic mass is 9.98. The molecule has 0 bridgehead atoms. The van der Waals surface area contributed by atoms with Crippen LogP contribution in [0, 0.1) is 11.8 Å². The molecule has 2 aromatic heterocycles. The Morgan fingerprint density at radius 1 is 0.821 bits per heavy atom. The van der Waals surface area contributed by atoms with Crippen LogP contribution in [0.2, 0.25) is 10.0 Å². The number of nitrogens with zero attached hydrogens (tertiary/aromatic N) is 6. The molecule has 1 N–H and O–H groups in total. The Morgan fingerprint density at radius 3 is 2.05 bits per heavy atom. The van der Waals surface area contributed by atoms with Crippen molar-refractivity contribution < 1.29 is 28.9 Å². The molecular formula is C42H50Cl2N6O6. The van der Waals surface area contributed by atoms with Crippen molar-refractivity contribution in [3.8, 4) is 45.3 Å². The van der Waals surface area contributed by atoms with E-state index in [4.69, 9.17) is 47.5 Å². The van der Waals surface area contributed by atoms with Crippen LogP contribution in [0.4, 0.5) is 9.59 Å². The summed E-state index contributed by atoms with van der Waals surface area (Å²) in [7, 11) is 7.33. The van der Waals surface area contributed by atoms with E-state index in [0.717, 1.165) is 52.2 Å². The highest BCUT2D eigenvalue weighted by Crippen LogP contribution is 2.42. The predicted octanol–water partition coefficient (Wildman–Crippen LogP) is 8.14. The van der Waals surface area contributed by atoms with Crippen molar-refractivity contribution in [2.24, 2.45) is 11.8 Å². The molecule has 2 saturated heterocycles. The second-order valence-corrected chi connectivity index (χ2v) is 16.5. The van der Waals surface area contributed by atoms with Gasteiger partial charge in [0, 0.05) is 104 Å². The topological polar surface area (TPSA) is 121 Å². The average Bonchev–Trinajstić information content (AvgIpc) is 3.11. The molecule has 2 fully saturated rings. The number of methoxy groups -OCH3 is 2. The Labute approximate surface area is 338 Å². The Balaban J connectivity index is 1.14. The van der Waals surface area contributed by atoms with Gasteiger partial charge in [-0.1, -0.05) is 59.6 Å². The van der Waals surface area contributed by atoms with E-state index >= 15 is 0 Å². The van der Waals surface area contributed by atoms with Gasteiger partial charge in [0.05, 0.1) is 35.7 Å². The number of aromatic nitrogens is 2. The number of halogens is 2. The predicted molar refractivity (Wildman–Crippen MR) is 219 cm³/mol. The molecule has 0 aliphatic carbocycles. The van der Waals surface area contributed by atoms with Crippen LogP contribution in [0.3, 0.4) is 0 Å². The van der Waals surface area contributed by atoms with Crippen LogP contribution in [0.5, 0.6) is 11.6 Å². The number of pyridine rings is 2. The van der Waals surface area contributed by atoms with Crippen molar-refractivity contribution in [1.82, 2.24) is 29.6 Å². The number of ether oxygens (including phenoxy) is 3. The van der Waals surface area contributed by atoms with Crippen molar-refractivity contribution in [2.45, 2.75) is 39.5 Å².